The minimum Gasteiger partial charge on any atom is -0.496 e. The predicted octanol–water partition coefficient (Wildman–Crippen LogP) is 5.17. The van der Waals surface area contributed by atoms with Crippen molar-refractivity contribution in [1.29, 1.82) is 0 Å². The highest BCUT2D eigenvalue weighted by Crippen LogP contribution is 2.35. The molecule has 0 spiro atoms. The molecule has 0 amide bonds. The Balaban J connectivity index is 2.27. The quantitative estimate of drug-likeness (QED) is 0.696. The molecule has 0 saturated heterocycles. The topological polar surface area (TPSA) is 9.23 Å². The predicted molar refractivity (Wildman–Crippen MR) is 79.8 cm³/mol. The van der Waals surface area contributed by atoms with Gasteiger partial charge in [-0.25, -0.2) is 4.39 Å². The van der Waals surface area contributed by atoms with Gasteiger partial charge < -0.3 is 4.74 Å². The van der Waals surface area contributed by atoms with Crippen molar-refractivity contribution in [1.82, 2.24) is 0 Å². The normalized spacial score (nSPS) is 12.2. The van der Waals surface area contributed by atoms with E-state index in [2.05, 4.69) is 15.9 Å². The molecule has 1 nitrogen and oxygen atoms in total. The lowest BCUT2D eigenvalue weighted by atomic mass is 10.0. The molecule has 0 N–H and O–H groups in total. The van der Waals surface area contributed by atoms with Crippen LogP contribution in [0.15, 0.2) is 42.5 Å². The first-order valence-corrected chi connectivity index (χ1v) is 7.12. The number of rotatable bonds is 4. The zero-order valence-electron chi connectivity index (χ0n) is 10.4. The Morgan fingerprint density at radius 2 is 2.00 bits per heavy atom. The molecule has 100 valence electrons. The molecule has 2 aromatic carbocycles. The van der Waals surface area contributed by atoms with E-state index < -0.39 is 0 Å². The van der Waals surface area contributed by atoms with Crippen molar-refractivity contribution in [2.75, 3.05) is 7.11 Å². The molecule has 0 saturated carbocycles. The van der Waals surface area contributed by atoms with E-state index in [1.54, 1.807) is 13.2 Å². The van der Waals surface area contributed by atoms with Crippen molar-refractivity contribution in [3.63, 3.8) is 0 Å². The molecule has 0 aromatic heterocycles. The molecule has 0 bridgehead atoms. The second-order valence-corrected chi connectivity index (χ2v) is 5.66. The number of halogens is 3. The summed E-state index contributed by atoms with van der Waals surface area (Å²) in [6, 6.07) is 12.1. The van der Waals surface area contributed by atoms with E-state index in [1.165, 1.54) is 12.1 Å². The fourth-order valence-electron chi connectivity index (χ4n) is 1.92. The van der Waals surface area contributed by atoms with E-state index in [0.29, 0.717) is 17.2 Å². The van der Waals surface area contributed by atoms with Crippen molar-refractivity contribution in [3.8, 4) is 5.75 Å². The van der Waals surface area contributed by atoms with E-state index in [4.69, 9.17) is 16.3 Å². The Labute approximate surface area is 125 Å². The maximum Gasteiger partial charge on any atom is 0.123 e. The highest BCUT2D eigenvalue weighted by Gasteiger charge is 2.16. The minimum atomic E-state index is -0.278. The molecule has 2 rings (SSSR count). The van der Waals surface area contributed by atoms with E-state index >= 15 is 0 Å². The zero-order chi connectivity index (χ0) is 13.8. The zero-order valence-corrected chi connectivity index (χ0v) is 12.7. The first-order chi connectivity index (χ1) is 9.11. The van der Waals surface area contributed by atoms with Gasteiger partial charge in [-0.15, -0.1) is 0 Å². The molecular weight excluding hydrogens is 331 g/mol. The molecule has 19 heavy (non-hydrogen) atoms. The fraction of sp³-hybridized carbons (Fsp3) is 0.200. The average molecular weight is 344 g/mol. The summed E-state index contributed by atoms with van der Waals surface area (Å²) < 4.78 is 18.6. The largest absolute Gasteiger partial charge is 0.496 e. The Morgan fingerprint density at radius 1 is 1.26 bits per heavy atom. The SMILES string of the molecule is COc1ccc(F)cc1C(Br)Cc1ccccc1Cl. The first kappa shape index (κ1) is 14.4. The van der Waals surface area contributed by atoms with E-state index in [-0.39, 0.29) is 10.6 Å². The van der Waals surface area contributed by atoms with E-state index in [1.807, 2.05) is 24.3 Å². The maximum absolute atomic E-state index is 13.4. The van der Waals surface area contributed by atoms with Crippen LogP contribution < -0.4 is 4.74 Å². The van der Waals surface area contributed by atoms with Crippen LogP contribution in [-0.2, 0) is 6.42 Å². The molecule has 0 heterocycles. The molecular formula is C15H13BrClFO. The van der Waals surface area contributed by atoms with E-state index in [9.17, 15) is 4.39 Å². The van der Waals surface area contributed by atoms with E-state index in [0.717, 1.165) is 11.1 Å². The Hall–Kier alpha value is -1.06. The Kier molecular flexibility index (Phi) is 4.83. The lowest BCUT2D eigenvalue weighted by Crippen LogP contribution is -2.00. The van der Waals surface area contributed by atoms with Crippen molar-refractivity contribution in [2.24, 2.45) is 0 Å². The van der Waals surface area contributed by atoms with Gasteiger partial charge in [0.1, 0.15) is 11.6 Å². The number of hydrogen-bond donors (Lipinski definition) is 0. The second kappa shape index (κ2) is 6.40. The van der Waals surface area contributed by atoms with Crippen LogP contribution >= 0.6 is 27.5 Å². The molecule has 1 atom stereocenters. The second-order valence-electron chi connectivity index (χ2n) is 4.15. The van der Waals surface area contributed by atoms with Crippen LogP contribution in [-0.4, -0.2) is 7.11 Å². The van der Waals surface area contributed by atoms with Gasteiger partial charge in [-0.05, 0) is 36.2 Å². The van der Waals surface area contributed by atoms with Crippen LogP contribution in [0.2, 0.25) is 5.02 Å². The van der Waals surface area contributed by atoms with Gasteiger partial charge in [-0.2, -0.15) is 0 Å². The molecule has 0 aliphatic rings. The van der Waals surface area contributed by atoms with Crippen molar-refractivity contribution >= 4 is 27.5 Å². The van der Waals surface area contributed by atoms with Gasteiger partial charge >= 0.3 is 0 Å². The summed E-state index contributed by atoms with van der Waals surface area (Å²) in [7, 11) is 1.58. The van der Waals surface area contributed by atoms with Gasteiger partial charge in [0.25, 0.3) is 0 Å². The fourth-order valence-corrected chi connectivity index (χ4v) is 2.84. The van der Waals surface area contributed by atoms with Gasteiger partial charge in [0, 0.05) is 15.4 Å². The smallest absolute Gasteiger partial charge is 0.123 e. The van der Waals surface area contributed by atoms with Crippen LogP contribution in [0.3, 0.4) is 0 Å². The summed E-state index contributed by atoms with van der Waals surface area (Å²) in [4.78, 5) is -0.0574. The summed E-state index contributed by atoms with van der Waals surface area (Å²) in [6.45, 7) is 0. The van der Waals surface area contributed by atoms with Gasteiger partial charge in [-0.3, -0.25) is 0 Å². The van der Waals surface area contributed by atoms with Gasteiger partial charge in [0.05, 0.1) is 7.11 Å². The minimum absolute atomic E-state index is 0.0574. The number of ether oxygens (including phenoxy) is 1. The summed E-state index contributed by atoms with van der Waals surface area (Å²) >= 11 is 9.71. The summed E-state index contributed by atoms with van der Waals surface area (Å²) in [6.07, 6.45) is 0.666. The van der Waals surface area contributed by atoms with Crippen LogP contribution in [0.25, 0.3) is 0 Å². The van der Waals surface area contributed by atoms with Crippen LogP contribution in [0, 0.1) is 5.82 Å². The third-order valence-corrected chi connectivity index (χ3v) is 4.07. The summed E-state index contributed by atoms with van der Waals surface area (Å²) in [5.41, 5.74) is 1.79. The van der Waals surface area contributed by atoms with Crippen molar-refractivity contribution < 1.29 is 9.13 Å². The van der Waals surface area contributed by atoms with Gasteiger partial charge in [-0.1, -0.05) is 45.7 Å². The standard InChI is InChI=1S/C15H13BrClFO/c1-19-15-7-6-11(18)9-12(15)13(16)8-10-4-2-3-5-14(10)17/h2-7,9,13H,8H2,1H3. The third-order valence-electron chi connectivity index (χ3n) is 2.89. The average Bonchev–Trinajstić information content (AvgIpc) is 2.41. The maximum atomic E-state index is 13.4. The molecule has 0 radical (unpaired) electrons. The Morgan fingerprint density at radius 3 is 2.68 bits per heavy atom. The molecule has 0 aliphatic carbocycles. The van der Waals surface area contributed by atoms with Crippen molar-refractivity contribution in [3.05, 3.63) is 64.4 Å². The van der Waals surface area contributed by atoms with Crippen LogP contribution in [0.4, 0.5) is 4.39 Å². The van der Waals surface area contributed by atoms with Gasteiger partial charge in [0.15, 0.2) is 0 Å². The lowest BCUT2D eigenvalue weighted by molar-refractivity contribution is 0.408. The van der Waals surface area contributed by atoms with Crippen LogP contribution in [0.1, 0.15) is 16.0 Å². The summed E-state index contributed by atoms with van der Waals surface area (Å²) in [5, 5.41) is 0.710. The van der Waals surface area contributed by atoms with Crippen molar-refractivity contribution in [2.45, 2.75) is 11.2 Å². The molecule has 0 aliphatic heterocycles. The molecule has 0 fully saturated rings. The highest BCUT2D eigenvalue weighted by atomic mass is 79.9. The third kappa shape index (κ3) is 3.48. The molecule has 2 aromatic rings. The Bertz CT molecular complexity index is 574. The summed E-state index contributed by atoms with van der Waals surface area (Å²) in [5.74, 6) is 0.384. The first-order valence-electron chi connectivity index (χ1n) is 5.82. The van der Waals surface area contributed by atoms with Gasteiger partial charge in [0.2, 0.25) is 0 Å². The lowest BCUT2D eigenvalue weighted by Gasteiger charge is -2.15. The number of alkyl halides is 1. The molecule has 1 unspecified atom stereocenters. The number of hydrogen-bond acceptors (Lipinski definition) is 1. The number of methoxy groups -OCH3 is 1. The highest BCUT2D eigenvalue weighted by molar-refractivity contribution is 9.09. The van der Waals surface area contributed by atoms with Crippen LogP contribution in [0.5, 0.6) is 5.75 Å². The molecule has 4 heteroatoms. The number of benzene rings is 2. The monoisotopic (exact) mass is 342 g/mol.